The third-order valence-electron chi connectivity index (χ3n) is 2.42. The van der Waals surface area contributed by atoms with Crippen molar-refractivity contribution in [3.63, 3.8) is 0 Å². The van der Waals surface area contributed by atoms with Crippen LogP contribution in [-0.2, 0) is 12.8 Å². The molecule has 80 valence electrons. The minimum absolute atomic E-state index is 0.882. The predicted octanol–water partition coefficient (Wildman–Crippen LogP) is 1.05. The van der Waals surface area contributed by atoms with Crippen molar-refractivity contribution in [2.45, 2.75) is 19.8 Å². The Bertz CT molecular complexity index is 447. The smallest absolute Gasteiger partial charge is 0.155 e. The van der Waals surface area contributed by atoms with Crippen LogP contribution in [0.3, 0.4) is 0 Å². The molecule has 0 aliphatic rings. The van der Waals surface area contributed by atoms with E-state index in [1.54, 1.807) is 0 Å². The highest BCUT2D eigenvalue weighted by atomic mass is 15.3. The van der Waals surface area contributed by atoms with Gasteiger partial charge in [-0.25, -0.2) is 9.50 Å². The van der Waals surface area contributed by atoms with Gasteiger partial charge in [0.05, 0.1) is 0 Å². The first kappa shape index (κ1) is 10.1. The van der Waals surface area contributed by atoms with Gasteiger partial charge in [-0.05, 0) is 31.6 Å². The van der Waals surface area contributed by atoms with Crippen LogP contribution in [0, 0.1) is 0 Å². The molecule has 2 heterocycles. The van der Waals surface area contributed by atoms with Crippen molar-refractivity contribution in [1.29, 1.82) is 0 Å². The molecular formula is C11H16N4. The first-order valence-electron chi connectivity index (χ1n) is 5.32. The summed E-state index contributed by atoms with van der Waals surface area (Å²) in [5.74, 6) is 0.903. The van der Waals surface area contributed by atoms with Crippen molar-refractivity contribution in [2.24, 2.45) is 0 Å². The molecule has 2 aromatic rings. The fourth-order valence-electron chi connectivity index (χ4n) is 1.54. The lowest BCUT2D eigenvalue weighted by Gasteiger charge is -2.00. The highest BCUT2D eigenvalue weighted by Gasteiger charge is 2.01. The van der Waals surface area contributed by atoms with Gasteiger partial charge in [-0.1, -0.05) is 13.0 Å². The monoisotopic (exact) mass is 204 g/mol. The molecule has 0 aromatic carbocycles. The molecule has 2 rings (SSSR count). The lowest BCUT2D eigenvalue weighted by molar-refractivity contribution is 0.782. The lowest BCUT2D eigenvalue weighted by Crippen LogP contribution is -2.10. The number of nitrogens with zero attached hydrogens (tertiary/aromatic N) is 3. The van der Waals surface area contributed by atoms with Crippen molar-refractivity contribution in [3.8, 4) is 0 Å². The Morgan fingerprint density at radius 2 is 2.27 bits per heavy atom. The normalized spacial score (nSPS) is 11.1. The molecule has 0 atom stereocenters. The number of aryl methyl sites for hydroxylation is 1. The number of aromatic nitrogens is 3. The van der Waals surface area contributed by atoms with Crippen LogP contribution in [0.2, 0.25) is 0 Å². The summed E-state index contributed by atoms with van der Waals surface area (Å²) in [5, 5.41) is 7.52. The molecule has 0 bridgehead atoms. The summed E-state index contributed by atoms with van der Waals surface area (Å²) in [6, 6.07) is 4.14. The molecule has 0 saturated carbocycles. The van der Waals surface area contributed by atoms with E-state index in [0.29, 0.717) is 0 Å². The summed E-state index contributed by atoms with van der Waals surface area (Å²) in [7, 11) is 1.96. The minimum Gasteiger partial charge on any atom is -0.319 e. The molecule has 1 N–H and O–H groups in total. The zero-order valence-electron chi connectivity index (χ0n) is 9.20. The highest BCUT2D eigenvalue weighted by Crippen LogP contribution is 2.05. The molecule has 0 unspecified atom stereocenters. The van der Waals surface area contributed by atoms with Gasteiger partial charge in [0.15, 0.2) is 11.5 Å². The summed E-state index contributed by atoms with van der Waals surface area (Å²) in [4.78, 5) is 4.39. The molecule has 4 nitrogen and oxygen atoms in total. The average Bonchev–Trinajstić information content (AvgIpc) is 2.68. The van der Waals surface area contributed by atoms with Crippen molar-refractivity contribution in [2.75, 3.05) is 13.6 Å². The lowest BCUT2D eigenvalue weighted by atomic mass is 10.2. The standard InChI is InChI=1S/C11H16N4/c1-3-10-13-11-5-4-9(6-7-12-2)8-15(11)14-10/h4-5,8,12H,3,6-7H2,1-2H3. The quantitative estimate of drug-likeness (QED) is 0.809. The number of rotatable bonds is 4. The molecular weight excluding hydrogens is 188 g/mol. The third kappa shape index (κ3) is 2.15. The van der Waals surface area contributed by atoms with E-state index in [9.17, 15) is 0 Å². The summed E-state index contributed by atoms with van der Waals surface area (Å²) in [6.07, 6.45) is 3.96. The van der Waals surface area contributed by atoms with E-state index >= 15 is 0 Å². The van der Waals surface area contributed by atoms with E-state index in [0.717, 1.165) is 30.9 Å². The second-order valence-electron chi connectivity index (χ2n) is 3.58. The van der Waals surface area contributed by atoms with Gasteiger partial charge in [0, 0.05) is 12.6 Å². The van der Waals surface area contributed by atoms with E-state index in [2.05, 4.69) is 34.6 Å². The summed E-state index contributed by atoms with van der Waals surface area (Å²) in [5.41, 5.74) is 2.21. The average molecular weight is 204 g/mol. The van der Waals surface area contributed by atoms with Gasteiger partial charge in [-0.15, -0.1) is 0 Å². The number of hydrogen-bond acceptors (Lipinski definition) is 3. The van der Waals surface area contributed by atoms with Crippen molar-refractivity contribution in [3.05, 3.63) is 29.7 Å². The second kappa shape index (κ2) is 4.40. The molecule has 0 radical (unpaired) electrons. The zero-order valence-corrected chi connectivity index (χ0v) is 9.20. The van der Waals surface area contributed by atoms with E-state index in [4.69, 9.17) is 0 Å². The highest BCUT2D eigenvalue weighted by molar-refractivity contribution is 5.38. The molecule has 15 heavy (non-hydrogen) atoms. The van der Waals surface area contributed by atoms with Gasteiger partial charge < -0.3 is 5.32 Å². The molecule has 2 aromatic heterocycles. The Hall–Kier alpha value is -1.42. The maximum atomic E-state index is 4.39. The number of pyridine rings is 1. The Morgan fingerprint density at radius 1 is 1.40 bits per heavy atom. The number of fused-ring (bicyclic) bond motifs is 1. The van der Waals surface area contributed by atoms with Crippen molar-refractivity contribution < 1.29 is 0 Å². The van der Waals surface area contributed by atoms with Crippen LogP contribution in [0.4, 0.5) is 0 Å². The molecule has 0 aliphatic heterocycles. The van der Waals surface area contributed by atoms with Gasteiger partial charge in [-0.3, -0.25) is 0 Å². The number of likely N-dealkylation sites (N-methyl/N-ethyl adjacent to an activating group) is 1. The fourth-order valence-corrected chi connectivity index (χ4v) is 1.54. The van der Waals surface area contributed by atoms with Crippen molar-refractivity contribution >= 4 is 5.65 Å². The Morgan fingerprint density at radius 3 is 3.00 bits per heavy atom. The first-order valence-corrected chi connectivity index (χ1v) is 5.32. The SMILES string of the molecule is CCc1nc2ccc(CCNC)cn2n1. The molecule has 0 spiro atoms. The van der Waals surface area contributed by atoms with E-state index in [1.807, 2.05) is 17.6 Å². The third-order valence-corrected chi connectivity index (χ3v) is 2.42. The molecule has 0 aliphatic carbocycles. The van der Waals surface area contributed by atoms with Gasteiger partial charge in [0.2, 0.25) is 0 Å². The van der Waals surface area contributed by atoms with Gasteiger partial charge >= 0.3 is 0 Å². The van der Waals surface area contributed by atoms with Crippen LogP contribution in [-0.4, -0.2) is 28.2 Å². The predicted molar refractivity (Wildman–Crippen MR) is 60.0 cm³/mol. The molecule has 4 heteroatoms. The van der Waals surface area contributed by atoms with Crippen molar-refractivity contribution in [1.82, 2.24) is 19.9 Å². The Labute approximate surface area is 89.3 Å². The Kier molecular flexibility index (Phi) is 2.97. The van der Waals surface area contributed by atoms with E-state index in [-0.39, 0.29) is 0 Å². The maximum Gasteiger partial charge on any atom is 0.155 e. The van der Waals surface area contributed by atoms with Crippen LogP contribution >= 0.6 is 0 Å². The second-order valence-corrected chi connectivity index (χ2v) is 3.58. The summed E-state index contributed by atoms with van der Waals surface area (Å²) >= 11 is 0. The molecule has 0 amide bonds. The first-order chi connectivity index (χ1) is 7.33. The van der Waals surface area contributed by atoms with Gasteiger partial charge in [-0.2, -0.15) is 5.10 Å². The zero-order chi connectivity index (χ0) is 10.7. The van der Waals surface area contributed by atoms with Crippen LogP contribution in [0.1, 0.15) is 18.3 Å². The van der Waals surface area contributed by atoms with Gasteiger partial charge in [0.25, 0.3) is 0 Å². The maximum absolute atomic E-state index is 4.39. The van der Waals surface area contributed by atoms with Crippen LogP contribution in [0.5, 0.6) is 0 Å². The van der Waals surface area contributed by atoms with E-state index < -0.39 is 0 Å². The Balaban J connectivity index is 2.29. The van der Waals surface area contributed by atoms with Crippen LogP contribution < -0.4 is 5.32 Å². The van der Waals surface area contributed by atoms with Gasteiger partial charge in [0.1, 0.15) is 0 Å². The van der Waals surface area contributed by atoms with E-state index in [1.165, 1.54) is 5.56 Å². The number of nitrogens with one attached hydrogen (secondary N) is 1. The van der Waals surface area contributed by atoms with Crippen LogP contribution in [0.15, 0.2) is 18.3 Å². The largest absolute Gasteiger partial charge is 0.319 e. The minimum atomic E-state index is 0.882. The molecule has 0 fully saturated rings. The number of hydrogen-bond donors (Lipinski definition) is 1. The fraction of sp³-hybridized carbons (Fsp3) is 0.455. The summed E-state index contributed by atoms with van der Waals surface area (Å²) in [6.45, 7) is 3.05. The molecule has 0 saturated heterocycles. The summed E-state index contributed by atoms with van der Waals surface area (Å²) < 4.78 is 1.86. The topological polar surface area (TPSA) is 42.2 Å². The van der Waals surface area contributed by atoms with Crippen LogP contribution in [0.25, 0.3) is 5.65 Å².